The van der Waals surface area contributed by atoms with E-state index in [1.54, 1.807) is 0 Å². The van der Waals surface area contributed by atoms with Gasteiger partial charge in [-0.05, 0) is 25.8 Å². The number of nitrogens with one attached hydrogen (secondary N) is 1. The summed E-state index contributed by atoms with van der Waals surface area (Å²) in [4.78, 5) is 0. The van der Waals surface area contributed by atoms with Crippen LogP contribution in [-0.2, 0) is 0 Å². The molecule has 1 fully saturated rings. The highest BCUT2D eigenvalue weighted by Crippen LogP contribution is 2.11. The second-order valence-corrected chi connectivity index (χ2v) is 3.51. The van der Waals surface area contributed by atoms with Crippen molar-refractivity contribution in [1.29, 1.82) is 0 Å². The highest BCUT2D eigenvalue weighted by atomic mass is 15.0. The van der Waals surface area contributed by atoms with E-state index in [1.165, 1.54) is 32.2 Å². The van der Waals surface area contributed by atoms with Crippen molar-refractivity contribution in [3.8, 4) is 0 Å². The SMILES string of the molecule is CCCC(N)C1CCCCN1. The van der Waals surface area contributed by atoms with E-state index in [-0.39, 0.29) is 0 Å². The quantitative estimate of drug-likeness (QED) is 0.645. The molecule has 2 nitrogen and oxygen atoms in total. The first kappa shape index (κ1) is 9.01. The van der Waals surface area contributed by atoms with Crippen LogP contribution >= 0.6 is 0 Å². The highest BCUT2D eigenvalue weighted by molar-refractivity contribution is 4.81. The molecule has 0 aliphatic carbocycles. The molecule has 0 aromatic heterocycles. The molecule has 2 atom stereocenters. The van der Waals surface area contributed by atoms with Crippen molar-refractivity contribution in [2.75, 3.05) is 6.54 Å². The van der Waals surface area contributed by atoms with Gasteiger partial charge in [-0.2, -0.15) is 0 Å². The third-order valence-electron chi connectivity index (χ3n) is 2.49. The summed E-state index contributed by atoms with van der Waals surface area (Å²) in [5.74, 6) is 0. The van der Waals surface area contributed by atoms with Crippen LogP contribution in [0.2, 0.25) is 0 Å². The van der Waals surface area contributed by atoms with Crippen LogP contribution in [0.1, 0.15) is 39.0 Å². The van der Waals surface area contributed by atoms with Gasteiger partial charge in [0.25, 0.3) is 0 Å². The van der Waals surface area contributed by atoms with E-state index in [4.69, 9.17) is 5.73 Å². The Balaban J connectivity index is 2.21. The van der Waals surface area contributed by atoms with Crippen molar-refractivity contribution in [1.82, 2.24) is 5.32 Å². The summed E-state index contributed by atoms with van der Waals surface area (Å²) in [6.07, 6.45) is 6.34. The highest BCUT2D eigenvalue weighted by Gasteiger charge is 2.18. The Morgan fingerprint density at radius 1 is 1.55 bits per heavy atom. The Bertz CT molecular complexity index is 97.7. The van der Waals surface area contributed by atoms with E-state index in [1.807, 2.05) is 0 Å². The minimum Gasteiger partial charge on any atom is -0.326 e. The monoisotopic (exact) mass is 156 g/mol. The lowest BCUT2D eigenvalue weighted by Gasteiger charge is -2.28. The lowest BCUT2D eigenvalue weighted by Crippen LogP contribution is -2.47. The number of rotatable bonds is 3. The van der Waals surface area contributed by atoms with Gasteiger partial charge in [-0.3, -0.25) is 0 Å². The van der Waals surface area contributed by atoms with E-state index in [0.717, 1.165) is 6.42 Å². The predicted molar refractivity (Wildman–Crippen MR) is 48.5 cm³/mol. The number of hydrogen-bond acceptors (Lipinski definition) is 2. The Morgan fingerprint density at radius 3 is 2.91 bits per heavy atom. The van der Waals surface area contributed by atoms with Crippen molar-refractivity contribution in [2.45, 2.75) is 51.1 Å². The van der Waals surface area contributed by atoms with Gasteiger partial charge >= 0.3 is 0 Å². The zero-order valence-electron chi connectivity index (χ0n) is 7.47. The first-order valence-corrected chi connectivity index (χ1v) is 4.83. The van der Waals surface area contributed by atoms with Crippen LogP contribution in [0.4, 0.5) is 0 Å². The van der Waals surface area contributed by atoms with Gasteiger partial charge in [-0.25, -0.2) is 0 Å². The minimum absolute atomic E-state index is 0.389. The van der Waals surface area contributed by atoms with Crippen LogP contribution in [0, 0.1) is 0 Å². The third kappa shape index (κ3) is 2.80. The lowest BCUT2D eigenvalue weighted by atomic mass is 9.96. The first-order chi connectivity index (χ1) is 5.34. The van der Waals surface area contributed by atoms with Crippen LogP contribution in [-0.4, -0.2) is 18.6 Å². The van der Waals surface area contributed by atoms with Gasteiger partial charge in [-0.15, -0.1) is 0 Å². The maximum absolute atomic E-state index is 6.00. The van der Waals surface area contributed by atoms with Crippen LogP contribution in [0.5, 0.6) is 0 Å². The predicted octanol–water partition coefficient (Wildman–Crippen LogP) is 1.26. The summed E-state index contributed by atoms with van der Waals surface area (Å²) in [5.41, 5.74) is 6.00. The van der Waals surface area contributed by atoms with Crippen molar-refractivity contribution in [2.24, 2.45) is 5.73 Å². The zero-order chi connectivity index (χ0) is 8.10. The molecule has 1 saturated heterocycles. The van der Waals surface area contributed by atoms with Crippen molar-refractivity contribution < 1.29 is 0 Å². The minimum atomic E-state index is 0.389. The molecule has 0 radical (unpaired) electrons. The average molecular weight is 156 g/mol. The number of piperidine rings is 1. The molecule has 11 heavy (non-hydrogen) atoms. The van der Waals surface area contributed by atoms with Gasteiger partial charge < -0.3 is 11.1 Å². The Labute approximate surface area is 69.5 Å². The normalized spacial score (nSPS) is 28.4. The maximum Gasteiger partial charge on any atom is 0.0219 e. The zero-order valence-corrected chi connectivity index (χ0v) is 7.47. The first-order valence-electron chi connectivity index (χ1n) is 4.83. The van der Waals surface area contributed by atoms with Crippen molar-refractivity contribution in [3.05, 3.63) is 0 Å². The van der Waals surface area contributed by atoms with E-state index in [2.05, 4.69) is 12.2 Å². The van der Waals surface area contributed by atoms with E-state index in [9.17, 15) is 0 Å². The third-order valence-corrected chi connectivity index (χ3v) is 2.49. The second-order valence-electron chi connectivity index (χ2n) is 3.51. The summed E-state index contributed by atoms with van der Waals surface area (Å²) < 4.78 is 0. The maximum atomic E-state index is 6.00. The van der Waals surface area contributed by atoms with E-state index in [0.29, 0.717) is 12.1 Å². The van der Waals surface area contributed by atoms with Crippen LogP contribution in [0.3, 0.4) is 0 Å². The van der Waals surface area contributed by atoms with E-state index < -0.39 is 0 Å². The Hall–Kier alpha value is -0.0800. The van der Waals surface area contributed by atoms with Crippen LogP contribution in [0.25, 0.3) is 0 Å². The Kier molecular flexibility index (Phi) is 3.87. The molecule has 0 aromatic carbocycles. The van der Waals surface area contributed by atoms with Crippen LogP contribution < -0.4 is 11.1 Å². The van der Waals surface area contributed by atoms with Crippen molar-refractivity contribution >= 4 is 0 Å². The molecule has 0 saturated carbocycles. The average Bonchev–Trinajstić information content (AvgIpc) is 2.07. The molecule has 3 N–H and O–H groups in total. The number of hydrogen-bond donors (Lipinski definition) is 2. The summed E-state index contributed by atoms with van der Waals surface area (Å²) in [7, 11) is 0. The molecule has 2 unspecified atom stereocenters. The molecule has 0 bridgehead atoms. The topological polar surface area (TPSA) is 38.0 Å². The van der Waals surface area contributed by atoms with Gasteiger partial charge in [-0.1, -0.05) is 19.8 Å². The fourth-order valence-electron chi connectivity index (χ4n) is 1.78. The molecule has 1 aliphatic rings. The molecule has 0 spiro atoms. The molecule has 1 rings (SSSR count). The number of nitrogens with two attached hydrogens (primary N) is 1. The van der Waals surface area contributed by atoms with Crippen molar-refractivity contribution in [3.63, 3.8) is 0 Å². The Morgan fingerprint density at radius 2 is 2.36 bits per heavy atom. The molecule has 0 amide bonds. The summed E-state index contributed by atoms with van der Waals surface area (Å²) in [6, 6.07) is 0.990. The standard InChI is InChI=1S/C9H20N2/c1-2-5-8(10)9-6-3-4-7-11-9/h8-9,11H,2-7,10H2,1H3. The van der Waals surface area contributed by atoms with Crippen LogP contribution in [0.15, 0.2) is 0 Å². The van der Waals surface area contributed by atoms with Gasteiger partial charge in [0.15, 0.2) is 0 Å². The molecule has 66 valence electrons. The van der Waals surface area contributed by atoms with Gasteiger partial charge in [0.1, 0.15) is 0 Å². The molecule has 0 aromatic rings. The van der Waals surface area contributed by atoms with E-state index >= 15 is 0 Å². The van der Waals surface area contributed by atoms with Gasteiger partial charge in [0, 0.05) is 12.1 Å². The molecule has 1 aliphatic heterocycles. The second kappa shape index (κ2) is 4.73. The van der Waals surface area contributed by atoms with Gasteiger partial charge in [0.2, 0.25) is 0 Å². The smallest absolute Gasteiger partial charge is 0.0219 e. The summed E-state index contributed by atoms with van der Waals surface area (Å²) in [5, 5.41) is 3.48. The summed E-state index contributed by atoms with van der Waals surface area (Å²) in [6.45, 7) is 3.37. The lowest BCUT2D eigenvalue weighted by molar-refractivity contribution is 0.337. The van der Waals surface area contributed by atoms with Gasteiger partial charge in [0.05, 0.1) is 0 Å². The largest absolute Gasteiger partial charge is 0.326 e. The molecule has 2 heteroatoms. The fraction of sp³-hybridized carbons (Fsp3) is 1.00. The fourth-order valence-corrected chi connectivity index (χ4v) is 1.78. The molecular weight excluding hydrogens is 136 g/mol. The summed E-state index contributed by atoms with van der Waals surface area (Å²) >= 11 is 0. The molecule has 1 heterocycles. The molecular formula is C9H20N2.